The fourth-order valence-corrected chi connectivity index (χ4v) is 7.34. The van der Waals surface area contributed by atoms with Crippen molar-refractivity contribution in [3.63, 3.8) is 0 Å². The molecule has 1 amide bonds. The van der Waals surface area contributed by atoms with Crippen LogP contribution in [0, 0.1) is 23.3 Å². The van der Waals surface area contributed by atoms with Crippen LogP contribution in [0.3, 0.4) is 0 Å². The predicted molar refractivity (Wildman–Crippen MR) is 203 cm³/mol. The molecule has 0 bridgehead atoms. The minimum absolute atomic E-state index is 0.0151. The van der Waals surface area contributed by atoms with Gasteiger partial charge in [0.05, 0.1) is 53.1 Å². The van der Waals surface area contributed by atoms with Crippen LogP contribution in [0.2, 0.25) is 5.02 Å². The summed E-state index contributed by atoms with van der Waals surface area (Å²) in [5.74, 6) is -4.10. The highest BCUT2D eigenvalue weighted by atomic mass is 35.5. The summed E-state index contributed by atoms with van der Waals surface area (Å²) >= 11 is 6.78. The van der Waals surface area contributed by atoms with Crippen LogP contribution in [0.15, 0.2) is 71.5 Å². The van der Waals surface area contributed by atoms with Gasteiger partial charge in [0, 0.05) is 31.7 Å². The number of rotatable bonds is 10. The van der Waals surface area contributed by atoms with Crippen molar-refractivity contribution in [2.75, 3.05) is 17.7 Å². The second-order valence-corrected chi connectivity index (χ2v) is 16.2. The first-order chi connectivity index (χ1) is 26.2. The van der Waals surface area contributed by atoms with E-state index in [1.165, 1.54) is 31.0 Å². The highest BCUT2D eigenvalue weighted by molar-refractivity contribution is 7.92. The number of aryl methyl sites for hydroxylation is 1. The first-order valence-electron chi connectivity index (χ1n) is 16.9. The highest BCUT2D eigenvalue weighted by Gasteiger charge is 2.31. The molecule has 0 saturated heterocycles. The molecule has 6 aromatic rings. The zero-order valence-electron chi connectivity index (χ0n) is 30.8. The van der Waals surface area contributed by atoms with Crippen molar-refractivity contribution in [3.05, 3.63) is 122 Å². The number of ether oxygens (including phenoxy) is 2. The molecule has 0 aliphatic rings. The molecule has 0 aliphatic heterocycles. The van der Waals surface area contributed by atoms with Gasteiger partial charge in [-0.05, 0) is 68.3 Å². The number of nitrogens with zero attached hydrogens (tertiary/aromatic N) is 5. The Labute approximate surface area is 323 Å². The van der Waals surface area contributed by atoms with E-state index in [0.717, 1.165) is 33.3 Å². The molecular formula is C38H35ClF4N6O6S. The third-order valence-corrected chi connectivity index (χ3v) is 9.96. The monoisotopic (exact) mass is 814 g/mol. The van der Waals surface area contributed by atoms with Gasteiger partial charge in [-0.2, -0.15) is 5.10 Å². The highest BCUT2D eigenvalue weighted by Crippen LogP contribution is 2.38. The molecule has 56 heavy (non-hydrogen) atoms. The zero-order valence-corrected chi connectivity index (χ0v) is 32.4. The summed E-state index contributed by atoms with van der Waals surface area (Å²) < 4.78 is 99.8. The van der Waals surface area contributed by atoms with E-state index in [4.69, 9.17) is 21.1 Å². The molecule has 12 nitrogen and oxygen atoms in total. The summed E-state index contributed by atoms with van der Waals surface area (Å²) in [5, 5.41) is 6.57. The number of hydrogen-bond donors (Lipinski definition) is 1. The standard InChI is InChI=1S/C38H35ClF4N6O6S/c1-38(2,3)55-37(51)45-29(15-21-13-22(40)16-23(41)14-21)34-44-28-18-24(42)17-27(43)32(28)36(50)49(34)30-12-11-26(39)31-33(30)47(4)46-35(31)48(56(6,52)53)19-20-7-9-25(54-5)10-8-20/h7-14,16-18,29H,15,19H2,1-6H3,(H,45,51)/t29-/m0/s1. The van der Waals surface area contributed by atoms with Gasteiger partial charge < -0.3 is 14.8 Å². The number of anilines is 1. The van der Waals surface area contributed by atoms with Gasteiger partial charge in [0.2, 0.25) is 10.0 Å². The van der Waals surface area contributed by atoms with Crippen molar-refractivity contribution in [2.24, 2.45) is 7.05 Å². The fraction of sp³-hybridized carbons (Fsp3) is 0.263. The summed E-state index contributed by atoms with van der Waals surface area (Å²) in [6.07, 6.45) is -0.438. The van der Waals surface area contributed by atoms with Crippen LogP contribution in [0.5, 0.6) is 5.75 Å². The number of carbonyl (C=O) groups is 1. The van der Waals surface area contributed by atoms with Crippen LogP contribution in [-0.2, 0) is 34.8 Å². The quantitative estimate of drug-likeness (QED) is 0.143. The molecule has 0 aliphatic carbocycles. The lowest BCUT2D eigenvalue weighted by atomic mass is 10.0. The van der Waals surface area contributed by atoms with E-state index in [2.05, 4.69) is 15.4 Å². The van der Waals surface area contributed by atoms with E-state index in [9.17, 15) is 31.2 Å². The van der Waals surface area contributed by atoms with E-state index >= 15 is 4.39 Å². The number of sulfonamides is 1. The fourth-order valence-electron chi connectivity index (χ4n) is 6.28. The van der Waals surface area contributed by atoms with Crippen LogP contribution in [-0.4, -0.2) is 52.8 Å². The van der Waals surface area contributed by atoms with E-state index in [0.29, 0.717) is 23.4 Å². The second-order valence-electron chi connectivity index (χ2n) is 13.9. The maximum atomic E-state index is 15.5. The lowest BCUT2D eigenvalue weighted by Crippen LogP contribution is -2.39. The van der Waals surface area contributed by atoms with Gasteiger partial charge in [-0.1, -0.05) is 23.7 Å². The summed E-state index contributed by atoms with van der Waals surface area (Å²) in [6, 6.07) is 11.9. The molecule has 0 saturated carbocycles. The number of benzene rings is 4. The van der Waals surface area contributed by atoms with Crippen molar-refractivity contribution in [2.45, 2.75) is 45.4 Å². The number of halogens is 5. The topological polar surface area (TPSA) is 138 Å². The first-order valence-corrected chi connectivity index (χ1v) is 19.1. The summed E-state index contributed by atoms with van der Waals surface area (Å²) in [5.41, 5.74) is -1.95. The Bertz CT molecular complexity index is 2660. The molecule has 0 radical (unpaired) electrons. The number of amides is 1. The number of carbonyl (C=O) groups excluding carboxylic acids is 1. The van der Waals surface area contributed by atoms with Gasteiger partial charge in [-0.15, -0.1) is 0 Å². The number of aromatic nitrogens is 4. The largest absolute Gasteiger partial charge is 0.497 e. The molecule has 0 spiro atoms. The van der Waals surface area contributed by atoms with Gasteiger partial charge in [0.1, 0.15) is 45.8 Å². The van der Waals surface area contributed by atoms with E-state index < -0.39 is 73.9 Å². The van der Waals surface area contributed by atoms with E-state index in [1.54, 1.807) is 45.0 Å². The molecular weight excluding hydrogens is 780 g/mol. The molecule has 2 aromatic heterocycles. The number of nitrogens with one attached hydrogen (secondary N) is 1. The van der Waals surface area contributed by atoms with Crippen LogP contribution in [0.25, 0.3) is 27.5 Å². The average Bonchev–Trinajstić information content (AvgIpc) is 3.42. The molecule has 1 N–H and O–H groups in total. The maximum absolute atomic E-state index is 15.5. The normalized spacial score (nSPS) is 12.6. The number of fused-ring (bicyclic) bond motifs is 2. The Morgan fingerprint density at radius 2 is 1.59 bits per heavy atom. The summed E-state index contributed by atoms with van der Waals surface area (Å²) in [6.45, 7) is 4.59. The van der Waals surface area contributed by atoms with Crippen LogP contribution in [0.1, 0.15) is 43.8 Å². The third-order valence-electron chi connectivity index (χ3n) is 8.54. The van der Waals surface area contributed by atoms with Crippen LogP contribution < -0.4 is 19.9 Å². The Hall–Kier alpha value is -5.68. The molecule has 294 valence electrons. The number of hydrogen-bond acceptors (Lipinski definition) is 8. The summed E-state index contributed by atoms with van der Waals surface area (Å²) in [7, 11) is -1.12. The molecule has 0 fully saturated rings. The van der Waals surface area contributed by atoms with Gasteiger partial charge in [0.15, 0.2) is 5.82 Å². The molecule has 6 rings (SSSR count). The minimum atomic E-state index is -4.06. The molecule has 2 heterocycles. The van der Waals surface area contributed by atoms with Crippen molar-refractivity contribution in [1.29, 1.82) is 0 Å². The van der Waals surface area contributed by atoms with Gasteiger partial charge in [0.25, 0.3) is 5.56 Å². The second kappa shape index (κ2) is 15.1. The van der Waals surface area contributed by atoms with Crippen molar-refractivity contribution in [1.82, 2.24) is 24.6 Å². The Morgan fingerprint density at radius 3 is 2.20 bits per heavy atom. The smallest absolute Gasteiger partial charge is 0.408 e. The van der Waals surface area contributed by atoms with Gasteiger partial charge in [-0.3, -0.25) is 14.0 Å². The molecule has 18 heteroatoms. The zero-order chi connectivity index (χ0) is 40.9. The van der Waals surface area contributed by atoms with Gasteiger partial charge in [-0.25, -0.2) is 40.1 Å². The van der Waals surface area contributed by atoms with Crippen molar-refractivity contribution >= 4 is 55.3 Å². The molecule has 0 unspecified atom stereocenters. The lowest BCUT2D eigenvalue weighted by Gasteiger charge is -2.26. The van der Waals surface area contributed by atoms with E-state index in [-0.39, 0.29) is 45.4 Å². The third kappa shape index (κ3) is 8.28. The number of alkyl carbamates (subject to hydrolysis) is 1. The van der Waals surface area contributed by atoms with E-state index in [1.807, 2.05) is 0 Å². The average molecular weight is 815 g/mol. The van der Waals surface area contributed by atoms with Crippen LogP contribution >= 0.6 is 11.6 Å². The Kier molecular flexibility index (Phi) is 10.8. The molecule has 4 aromatic carbocycles. The summed E-state index contributed by atoms with van der Waals surface area (Å²) in [4.78, 5) is 32.4. The Morgan fingerprint density at radius 1 is 0.946 bits per heavy atom. The van der Waals surface area contributed by atoms with Crippen LogP contribution in [0.4, 0.5) is 28.2 Å². The number of methoxy groups -OCH3 is 1. The minimum Gasteiger partial charge on any atom is -0.497 e. The lowest BCUT2D eigenvalue weighted by molar-refractivity contribution is 0.0500. The molecule has 1 atom stereocenters. The first kappa shape index (κ1) is 40.0. The SMILES string of the molecule is COc1ccc(CN(c2nn(C)c3c(-n4c([C@H](Cc5cc(F)cc(F)c5)NC(=O)OC(C)(C)C)nc5cc(F)cc(F)c5c4=O)ccc(Cl)c23)S(C)(=O)=O)cc1. The van der Waals surface area contributed by atoms with Crippen molar-refractivity contribution < 1.29 is 40.2 Å². The maximum Gasteiger partial charge on any atom is 0.408 e. The van der Waals surface area contributed by atoms with Gasteiger partial charge >= 0.3 is 6.09 Å². The Balaban J connectivity index is 1.65. The van der Waals surface area contributed by atoms with Crippen molar-refractivity contribution in [3.8, 4) is 11.4 Å². The predicted octanol–water partition coefficient (Wildman–Crippen LogP) is 7.27.